The summed E-state index contributed by atoms with van der Waals surface area (Å²) in [5.74, 6) is -12.1. The maximum Gasteiger partial charge on any atom is 0.245 e. The zero-order valence-electron chi connectivity index (χ0n) is 48.4. The Morgan fingerprint density at radius 2 is 1.12 bits per heavy atom. The molecule has 8 amide bonds. The predicted molar refractivity (Wildman–Crippen MR) is 300 cm³/mol. The lowest BCUT2D eigenvalue weighted by Gasteiger charge is -2.29. The number of nitrogens with one attached hydrogen (secondary N) is 8. The van der Waals surface area contributed by atoms with Crippen molar-refractivity contribution >= 4 is 64.6 Å². The van der Waals surface area contributed by atoms with Gasteiger partial charge in [0.15, 0.2) is 11.6 Å². The second kappa shape index (κ2) is 39.0. The highest BCUT2D eigenvalue weighted by Gasteiger charge is 2.38. The highest BCUT2D eigenvalue weighted by atomic mass is 16.3. The van der Waals surface area contributed by atoms with Crippen molar-refractivity contribution in [3.8, 4) is 0 Å². The van der Waals surface area contributed by atoms with E-state index in [1.165, 1.54) is 13.8 Å². The van der Waals surface area contributed by atoms with Gasteiger partial charge < -0.3 is 81.4 Å². The molecule has 0 aromatic carbocycles. The lowest BCUT2D eigenvalue weighted by molar-refractivity contribution is -0.137. The molecule has 0 radical (unpaired) electrons. The van der Waals surface area contributed by atoms with Crippen LogP contribution >= 0.6 is 0 Å². The lowest BCUT2D eigenvalue weighted by Crippen LogP contribution is -2.60. The van der Waals surface area contributed by atoms with Gasteiger partial charge in [0.25, 0.3) is 0 Å². The number of hydrogen-bond acceptors (Lipinski definition) is 18. The van der Waals surface area contributed by atoms with Gasteiger partial charge in [0, 0.05) is 50.0 Å². The monoisotopic (exact) mass is 1140 g/mol. The first-order valence-corrected chi connectivity index (χ1v) is 28.6. The number of aliphatic hydroxyl groups is 2. The minimum atomic E-state index is -1.66. The Balaban J connectivity index is 3.80. The van der Waals surface area contributed by atoms with Crippen LogP contribution in [0.2, 0.25) is 0 Å². The maximum absolute atomic E-state index is 14.4. The normalized spacial score (nSPS) is 23.5. The molecular formula is C54H99N13O13. The third kappa shape index (κ3) is 26.4. The second-order valence-electron chi connectivity index (χ2n) is 21.9. The van der Waals surface area contributed by atoms with Gasteiger partial charge in [-0.3, -0.25) is 52.7 Å². The Morgan fingerprint density at radius 3 is 1.65 bits per heavy atom. The number of hydrogen-bond donors (Lipinski definition) is 15. The molecule has 20 N–H and O–H groups in total. The third-order valence-corrected chi connectivity index (χ3v) is 14.0. The number of ketones is 3. The number of carbonyl (C=O) groups excluding carboxylic acids is 11. The molecule has 26 nitrogen and oxygen atoms in total. The number of rotatable bonds is 30. The van der Waals surface area contributed by atoms with E-state index >= 15 is 0 Å². The van der Waals surface area contributed by atoms with Gasteiger partial charge in [-0.15, -0.1) is 0 Å². The van der Waals surface area contributed by atoms with Gasteiger partial charge in [-0.2, -0.15) is 0 Å². The van der Waals surface area contributed by atoms with E-state index in [-0.39, 0.29) is 95.8 Å². The summed E-state index contributed by atoms with van der Waals surface area (Å²) in [6.45, 7) is 10.7. The summed E-state index contributed by atoms with van der Waals surface area (Å²) >= 11 is 0. The summed E-state index contributed by atoms with van der Waals surface area (Å²) < 4.78 is 0. The van der Waals surface area contributed by atoms with E-state index in [1.807, 2.05) is 13.8 Å². The van der Waals surface area contributed by atoms with Gasteiger partial charge in [-0.25, -0.2) is 0 Å². The van der Waals surface area contributed by atoms with Crippen molar-refractivity contribution in [1.82, 2.24) is 42.5 Å². The zero-order valence-corrected chi connectivity index (χ0v) is 48.4. The van der Waals surface area contributed by atoms with Crippen molar-refractivity contribution in [1.29, 1.82) is 0 Å². The molecule has 0 saturated carbocycles. The highest BCUT2D eigenvalue weighted by molar-refractivity contribution is 5.99. The van der Waals surface area contributed by atoms with Crippen LogP contribution in [0.5, 0.6) is 0 Å². The van der Waals surface area contributed by atoms with Crippen molar-refractivity contribution < 1.29 is 63.0 Å². The number of aliphatic hydroxyl groups excluding tert-OH is 2. The molecule has 0 aromatic rings. The molecule has 0 aromatic heterocycles. The first-order valence-electron chi connectivity index (χ1n) is 28.6. The molecule has 0 aliphatic carbocycles. The smallest absolute Gasteiger partial charge is 0.245 e. The minimum absolute atomic E-state index is 0.0637. The van der Waals surface area contributed by atoms with E-state index in [4.69, 9.17) is 28.7 Å². The Labute approximate surface area is 472 Å². The molecule has 12 atom stereocenters. The first-order chi connectivity index (χ1) is 37.8. The van der Waals surface area contributed by atoms with Gasteiger partial charge in [-0.1, -0.05) is 60.3 Å². The number of nitrogens with two attached hydrogens (primary N) is 5. The predicted octanol–water partition coefficient (Wildman–Crippen LogP) is -2.81. The summed E-state index contributed by atoms with van der Waals surface area (Å²) in [5, 5.41) is 42.2. The lowest BCUT2D eigenvalue weighted by atomic mass is 9.88. The molecular weight excluding hydrogens is 1040 g/mol. The van der Waals surface area contributed by atoms with E-state index in [1.54, 1.807) is 13.8 Å². The molecule has 80 heavy (non-hydrogen) atoms. The van der Waals surface area contributed by atoms with Crippen LogP contribution < -0.4 is 71.2 Å². The van der Waals surface area contributed by atoms with Gasteiger partial charge >= 0.3 is 0 Å². The van der Waals surface area contributed by atoms with E-state index in [0.29, 0.717) is 6.42 Å². The molecule has 1 rings (SSSR count). The van der Waals surface area contributed by atoms with Gasteiger partial charge in [-0.05, 0) is 110 Å². The molecule has 0 unspecified atom stereocenters. The van der Waals surface area contributed by atoms with Crippen LogP contribution in [0.25, 0.3) is 0 Å². The number of carbonyl (C=O) groups is 11. The van der Waals surface area contributed by atoms with E-state index in [2.05, 4.69) is 49.5 Å². The Hall–Kier alpha value is -5.51. The molecule has 1 aliphatic rings. The average Bonchev–Trinajstić information content (AvgIpc) is 3.38. The van der Waals surface area contributed by atoms with Crippen LogP contribution in [0.1, 0.15) is 151 Å². The molecule has 458 valence electrons. The minimum Gasteiger partial charge on any atom is -0.391 e. The first kappa shape index (κ1) is 72.5. The van der Waals surface area contributed by atoms with Crippen molar-refractivity contribution in [3.05, 3.63) is 0 Å². The molecule has 26 heteroatoms. The molecule has 0 bridgehead atoms. The van der Waals surface area contributed by atoms with Crippen molar-refractivity contribution in [3.63, 3.8) is 0 Å². The molecule has 1 heterocycles. The van der Waals surface area contributed by atoms with E-state index < -0.39 is 163 Å². The third-order valence-electron chi connectivity index (χ3n) is 14.0. The highest BCUT2D eigenvalue weighted by Crippen LogP contribution is 2.21. The number of Topliss-reactive ketones (excluding diaryl/α,β-unsaturated/α-hetero) is 3. The standard InChI is InChI=1S/C54H99N13O13/c1-8-9-10-11-12-13-37(70)27-34(14-20-55)48(74)66-45(32(6)68)43(72)28-35(15-21-56)47(73)62-41-19-25-60-53(79)46(33(7)69)67-52(78)40(18-24-59)63-50(76)39(17-23-58)64-54(80)44(31(4)5)65-49(75)36(26-30(2)3)29-42(71)38(16-22-57)61-51(41)77/h30-36,38-41,44-46,68-69H,8-29,55-59H2,1-7H3,(H,60,79)(H,61,77)(H,62,73)(H,63,76)(H,64,80)(H,65,75)(H,66,74)(H,67,78)/t32-,33-,34-,35-,36+,38+,39+,40+,41+,44+,45+,46+/m1/s1. The van der Waals surface area contributed by atoms with Gasteiger partial charge in [0.2, 0.25) is 47.3 Å². The average molecular weight is 1140 g/mol. The fraction of sp³-hybridized carbons (Fsp3) is 0.796. The summed E-state index contributed by atoms with van der Waals surface area (Å²) in [7, 11) is 0. The number of unbranched alkanes of at least 4 members (excludes halogenated alkanes) is 4. The van der Waals surface area contributed by atoms with Crippen LogP contribution in [0.4, 0.5) is 0 Å². The maximum atomic E-state index is 14.4. The fourth-order valence-electron chi connectivity index (χ4n) is 9.34. The Morgan fingerprint density at radius 1 is 0.600 bits per heavy atom. The molecule has 1 fully saturated rings. The fourth-order valence-corrected chi connectivity index (χ4v) is 9.34. The second-order valence-corrected chi connectivity index (χ2v) is 21.9. The van der Waals surface area contributed by atoms with Crippen molar-refractivity contribution in [2.24, 2.45) is 58.3 Å². The summed E-state index contributed by atoms with van der Waals surface area (Å²) in [5.41, 5.74) is 29.3. The van der Waals surface area contributed by atoms with Crippen LogP contribution in [0.15, 0.2) is 0 Å². The summed E-state index contributed by atoms with van der Waals surface area (Å²) in [6, 6.07) is -10.0. The molecule has 0 spiro atoms. The summed E-state index contributed by atoms with van der Waals surface area (Å²) in [6.07, 6.45) is 0.113. The van der Waals surface area contributed by atoms with Crippen LogP contribution in [-0.4, -0.2) is 169 Å². The van der Waals surface area contributed by atoms with Gasteiger partial charge in [0.05, 0.1) is 18.2 Å². The quantitative estimate of drug-likeness (QED) is 0.0323. The molecule has 1 saturated heterocycles. The van der Waals surface area contributed by atoms with E-state index in [0.717, 1.165) is 25.7 Å². The Bertz CT molecular complexity index is 2010. The zero-order chi connectivity index (χ0) is 60.6. The largest absolute Gasteiger partial charge is 0.391 e. The van der Waals surface area contributed by atoms with E-state index in [9.17, 15) is 63.0 Å². The topological polar surface area (TPSA) is 455 Å². The van der Waals surface area contributed by atoms with Crippen LogP contribution in [0, 0.1) is 29.6 Å². The van der Waals surface area contributed by atoms with Crippen molar-refractivity contribution in [2.75, 3.05) is 39.3 Å². The summed E-state index contributed by atoms with van der Waals surface area (Å²) in [4.78, 5) is 153. The number of amides is 8. The SMILES string of the molecule is CCCCCCCC(=O)C[C@@H](CCN)C(=O)N[C@H](C(=O)C[C@@H](CCN)C(=O)N[C@H]1CCNC(=O)[C@H]([C@@H](C)O)NC(=O)[C@H](CCN)NC(=O)[C@H](CCN)NC(=O)[C@H](C(C)C)NC(=O)[C@@H](CC(C)C)CC(=O)[C@H](CCN)NC1=O)[C@@H](C)O. The van der Waals surface area contributed by atoms with Crippen LogP contribution in [-0.2, 0) is 52.7 Å². The van der Waals surface area contributed by atoms with Crippen LogP contribution in [0.3, 0.4) is 0 Å². The Kier molecular flexibility index (Phi) is 35.4. The van der Waals surface area contributed by atoms with Gasteiger partial charge in [0.1, 0.15) is 42.0 Å². The van der Waals surface area contributed by atoms with Crippen molar-refractivity contribution in [2.45, 2.75) is 206 Å². The molecule has 1 aliphatic heterocycles.